The molecule has 0 spiro atoms. The van der Waals surface area contributed by atoms with E-state index in [4.69, 9.17) is 0 Å². The smallest absolute Gasteiger partial charge is 0.312 e. The Kier molecular flexibility index (Phi) is 3.11. The van der Waals surface area contributed by atoms with Gasteiger partial charge in [0.1, 0.15) is 0 Å². The van der Waals surface area contributed by atoms with Gasteiger partial charge in [0.25, 0.3) is 5.78 Å². The molecule has 96 valence electrons. The molecule has 1 aromatic rings. The molecule has 1 heterocycles. The minimum Gasteiger partial charge on any atom is -0.312 e. The molecule has 0 aromatic heterocycles. The van der Waals surface area contributed by atoms with Crippen LogP contribution in [0.3, 0.4) is 0 Å². The third-order valence-electron chi connectivity index (χ3n) is 2.77. The summed E-state index contributed by atoms with van der Waals surface area (Å²) < 4.78 is 36.6. The monoisotopic (exact) mass is 257 g/mol. The third kappa shape index (κ3) is 2.37. The maximum atomic E-state index is 12.2. The van der Waals surface area contributed by atoms with Crippen LogP contribution in [0.5, 0.6) is 0 Å². The van der Waals surface area contributed by atoms with Gasteiger partial charge in [-0.1, -0.05) is 0 Å². The van der Waals surface area contributed by atoms with Gasteiger partial charge in [0.2, 0.25) is 5.91 Å². The highest BCUT2D eigenvalue weighted by Gasteiger charge is 2.39. The molecule has 1 aromatic carbocycles. The highest BCUT2D eigenvalue weighted by Crippen LogP contribution is 2.25. The molecule has 1 amide bonds. The minimum absolute atomic E-state index is 0.0510. The summed E-state index contributed by atoms with van der Waals surface area (Å²) in [7, 11) is 0. The van der Waals surface area contributed by atoms with E-state index in [1.165, 1.54) is 17.0 Å². The largest absolute Gasteiger partial charge is 0.454 e. The Labute approximate surface area is 101 Å². The van der Waals surface area contributed by atoms with Gasteiger partial charge in [0, 0.05) is 24.2 Å². The summed E-state index contributed by atoms with van der Waals surface area (Å²) in [6.07, 6.45) is -3.68. The molecule has 1 saturated heterocycles. The number of Topliss-reactive ketones (excluding diaryl/α,β-unsaturated/α-hetero) is 1. The first-order valence-electron chi connectivity index (χ1n) is 5.41. The van der Waals surface area contributed by atoms with Crippen LogP contribution in [0, 0.1) is 0 Å². The Balaban J connectivity index is 2.20. The quantitative estimate of drug-likeness (QED) is 0.763. The Hall–Kier alpha value is -1.85. The van der Waals surface area contributed by atoms with Gasteiger partial charge in [-0.3, -0.25) is 9.59 Å². The van der Waals surface area contributed by atoms with Crippen molar-refractivity contribution in [1.82, 2.24) is 0 Å². The van der Waals surface area contributed by atoms with Gasteiger partial charge in [0.05, 0.1) is 0 Å². The van der Waals surface area contributed by atoms with Crippen molar-refractivity contribution in [2.75, 3.05) is 11.4 Å². The zero-order valence-corrected chi connectivity index (χ0v) is 9.33. The van der Waals surface area contributed by atoms with Gasteiger partial charge in [-0.05, 0) is 30.7 Å². The number of hydrogen-bond acceptors (Lipinski definition) is 2. The fraction of sp³-hybridized carbons (Fsp3) is 0.333. The summed E-state index contributed by atoms with van der Waals surface area (Å²) in [6, 6.07) is 4.91. The molecule has 0 saturated carbocycles. The van der Waals surface area contributed by atoms with Crippen LogP contribution in [0.2, 0.25) is 0 Å². The lowest BCUT2D eigenvalue weighted by Crippen LogP contribution is -2.24. The van der Waals surface area contributed by atoms with Gasteiger partial charge in [0.15, 0.2) is 0 Å². The number of amides is 1. The second kappa shape index (κ2) is 4.44. The van der Waals surface area contributed by atoms with E-state index >= 15 is 0 Å². The van der Waals surface area contributed by atoms with Crippen molar-refractivity contribution in [2.45, 2.75) is 19.0 Å². The predicted molar refractivity (Wildman–Crippen MR) is 58.4 cm³/mol. The second-order valence-electron chi connectivity index (χ2n) is 4.02. The van der Waals surface area contributed by atoms with Gasteiger partial charge in [-0.2, -0.15) is 13.2 Å². The predicted octanol–water partition coefficient (Wildman–Crippen LogP) is 2.56. The molecule has 6 heteroatoms. The van der Waals surface area contributed by atoms with E-state index in [0.29, 0.717) is 18.7 Å². The molecule has 0 unspecified atom stereocenters. The van der Waals surface area contributed by atoms with E-state index < -0.39 is 17.5 Å². The topological polar surface area (TPSA) is 37.4 Å². The van der Waals surface area contributed by atoms with Crippen molar-refractivity contribution in [3.8, 4) is 0 Å². The molecule has 1 aliphatic heterocycles. The molecule has 0 aliphatic carbocycles. The average molecular weight is 257 g/mol. The molecule has 1 fully saturated rings. The number of carbonyl (C=O) groups excluding carboxylic acids is 2. The molecule has 18 heavy (non-hydrogen) atoms. The zero-order valence-electron chi connectivity index (χ0n) is 9.33. The third-order valence-corrected chi connectivity index (χ3v) is 2.77. The van der Waals surface area contributed by atoms with Crippen molar-refractivity contribution in [3.05, 3.63) is 29.8 Å². The van der Waals surface area contributed by atoms with E-state index in [2.05, 4.69) is 0 Å². The Bertz CT molecular complexity index is 479. The number of rotatable bonds is 2. The maximum Gasteiger partial charge on any atom is 0.454 e. The number of ketones is 1. The standard InChI is InChI=1S/C12H10F3NO2/c13-12(14,15)11(18)8-3-5-9(6-4-8)16-7-1-2-10(16)17/h3-6H,1-2,7H2. The lowest BCUT2D eigenvalue weighted by Gasteiger charge is -2.15. The number of halogens is 3. The molecule has 2 rings (SSSR count). The van der Waals surface area contributed by atoms with Crippen LogP contribution in [-0.4, -0.2) is 24.4 Å². The number of anilines is 1. The first kappa shape index (κ1) is 12.6. The van der Waals surface area contributed by atoms with Gasteiger partial charge < -0.3 is 4.90 Å². The lowest BCUT2D eigenvalue weighted by molar-refractivity contribution is -0.117. The fourth-order valence-electron chi connectivity index (χ4n) is 1.88. The first-order chi connectivity index (χ1) is 8.39. The molecule has 1 aliphatic rings. The number of nitrogens with zero attached hydrogens (tertiary/aromatic N) is 1. The van der Waals surface area contributed by atoms with Gasteiger partial charge in [-0.25, -0.2) is 0 Å². The molecular formula is C12H10F3NO2. The van der Waals surface area contributed by atoms with Crippen LogP contribution in [0.1, 0.15) is 23.2 Å². The highest BCUT2D eigenvalue weighted by atomic mass is 19.4. The van der Waals surface area contributed by atoms with Crippen LogP contribution in [0.25, 0.3) is 0 Å². The average Bonchev–Trinajstić information content (AvgIpc) is 2.73. The summed E-state index contributed by atoms with van der Waals surface area (Å²) in [4.78, 5) is 23.9. The van der Waals surface area contributed by atoms with Gasteiger partial charge >= 0.3 is 6.18 Å². The van der Waals surface area contributed by atoms with Crippen LogP contribution in [0.15, 0.2) is 24.3 Å². The molecule has 0 bridgehead atoms. The number of benzene rings is 1. The summed E-state index contributed by atoms with van der Waals surface area (Å²) in [5, 5.41) is 0. The lowest BCUT2D eigenvalue weighted by atomic mass is 10.1. The van der Waals surface area contributed by atoms with E-state index in [9.17, 15) is 22.8 Å². The summed E-state index contributed by atoms with van der Waals surface area (Å²) in [5.41, 5.74) is 0.106. The highest BCUT2D eigenvalue weighted by molar-refractivity contribution is 6.01. The van der Waals surface area contributed by atoms with Crippen molar-refractivity contribution < 1.29 is 22.8 Å². The Morgan fingerprint density at radius 1 is 1.17 bits per heavy atom. The minimum atomic E-state index is -4.87. The normalized spacial score (nSPS) is 16.2. The summed E-state index contributed by atoms with van der Waals surface area (Å²) >= 11 is 0. The van der Waals surface area contributed by atoms with E-state index in [-0.39, 0.29) is 5.91 Å². The molecular weight excluding hydrogens is 247 g/mol. The molecule has 3 nitrogen and oxygen atoms in total. The molecule has 0 N–H and O–H groups in total. The van der Waals surface area contributed by atoms with Crippen LogP contribution < -0.4 is 4.90 Å². The SMILES string of the molecule is O=C1CCCN1c1ccc(C(=O)C(F)(F)F)cc1. The number of alkyl halides is 3. The number of carbonyl (C=O) groups is 2. The maximum absolute atomic E-state index is 12.2. The van der Waals surface area contributed by atoms with E-state index in [1.807, 2.05) is 0 Å². The van der Waals surface area contributed by atoms with Crippen LogP contribution in [-0.2, 0) is 4.79 Å². The Morgan fingerprint density at radius 2 is 1.78 bits per heavy atom. The van der Waals surface area contributed by atoms with E-state index in [1.54, 1.807) is 0 Å². The van der Waals surface area contributed by atoms with Crippen LogP contribution >= 0.6 is 0 Å². The zero-order chi connectivity index (χ0) is 13.3. The van der Waals surface area contributed by atoms with Crippen molar-refractivity contribution in [2.24, 2.45) is 0 Å². The van der Waals surface area contributed by atoms with Crippen molar-refractivity contribution in [3.63, 3.8) is 0 Å². The van der Waals surface area contributed by atoms with Crippen molar-refractivity contribution in [1.29, 1.82) is 0 Å². The fourth-order valence-corrected chi connectivity index (χ4v) is 1.88. The molecule has 0 radical (unpaired) electrons. The summed E-state index contributed by atoms with van der Waals surface area (Å²) in [6.45, 7) is 0.561. The number of hydrogen-bond donors (Lipinski definition) is 0. The summed E-state index contributed by atoms with van der Waals surface area (Å²) in [5.74, 6) is -1.92. The van der Waals surface area contributed by atoms with E-state index in [0.717, 1.165) is 18.6 Å². The second-order valence-corrected chi connectivity index (χ2v) is 4.02. The van der Waals surface area contributed by atoms with Crippen molar-refractivity contribution >= 4 is 17.4 Å². The van der Waals surface area contributed by atoms with Gasteiger partial charge in [-0.15, -0.1) is 0 Å². The van der Waals surface area contributed by atoms with Crippen LogP contribution in [0.4, 0.5) is 18.9 Å². The first-order valence-corrected chi connectivity index (χ1v) is 5.41. The Morgan fingerprint density at radius 3 is 2.22 bits per heavy atom. The molecule has 0 atom stereocenters.